The van der Waals surface area contributed by atoms with Gasteiger partial charge in [0.2, 0.25) is 0 Å². The molecule has 1 fully saturated rings. The summed E-state index contributed by atoms with van der Waals surface area (Å²) in [5, 5.41) is 2.90. The molecule has 1 aromatic heterocycles. The van der Waals surface area contributed by atoms with Gasteiger partial charge in [0, 0.05) is 32.8 Å². The number of ketones is 3. The summed E-state index contributed by atoms with van der Waals surface area (Å²) in [5.74, 6) is -1.44. The second kappa shape index (κ2) is 8.50. The highest BCUT2D eigenvalue weighted by atomic mass is 35.5. The fraction of sp³-hybridized carbons (Fsp3) is 0.129. The van der Waals surface area contributed by atoms with Crippen molar-refractivity contribution in [3.8, 4) is 0 Å². The van der Waals surface area contributed by atoms with Crippen molar-refractivity contribution in [2.45, 2.75) is 18.0 Å². The molecule has 186 valence electrons. The Hall–Kier alpha value is -3.51. The van der Waals surface area contributed by atoms with Gasteiger partial charge in [-0.3, -0.25) is 14.4 Å². The van der Waals surface area contributed by atoms with Crippen LogP contribution in [0.15, 0.2) is 90.3 Å². The van der Waals surface area contributed by atoms with E-state index in [1.54, 1.807) is 54.6 Å². The lowest BCUT2D eigenvalue weighted by Gasteiger charge is -2.37. The lowest BCUT2D eigenvalue weighted by Crippen LogP contribution is -2.48. The van der Waals surface area contributed by atoms with Crippen molar-refractivity contribution < 1.29 is 14.4 Å². The second-order valence-corrected chi connectivity index (χ2v) is 11.6. The molecule has 1 saturated heterocycles. The average Bonchev–Trinajstić information content (AvgIpc) is 3.62. The standard InChI is InChI=1S/C31H19Cl2NO3S/c32-19-6-3-5-18(16-19)26-27(28(35)24-9-4-14-38-24)34-23-12-11-20(33)15-17(23)10-13-25(34)31(26)29(36)21-7-1-2-8-22(21)30(31)37/h1-16,25-27H/t25-,26-,27-/m0/s1. The number of anilines is 1. The minimum atomic E-state index is -1.54. The number of nitrogens with zero attached hydrogens (tertiary/aromatic N) is 1. The molecule has 1 spiro atoms. The Labute approximate surface area is 233 Å². The molecule has 0 amide bonds. The minimum Gasteiger partial charge on any atom is -0.352 e. The molecule has 0 bridgehead atoms. The van der Waals surface area contributed by atoms with Gasteiger partial charge in [0.25, 0.3) is 0 Å². The fourth-order valence-electron chi connectivity index (χ4n) is 6.59. The largest absolute Gasteiger partial charge is 0.352 e. The monoisotopic (exact) mass is 555 g/mol. The van der Waals surface area contributed by atoms with E-state index < -0.39 is 23.4 Å². The Morgan fingerprint density at radius 2 is 1.58 bits per heavy atom. The molecule has 7 heteroatoms. The van der Waals surface area contributed by atoms with E-state index in [9.17, 15) is 14.4 Å². The van der Waals surface area contributed by atoms with Gasteiger partial charge in [-0.25, -0.2) is 0 Å². The number of hydrogen-bond donors (Lipinski definition) is 0. The van der Waals surface area contributed by atoms with E-state index >= 15 is 0 Å². The molecular formula is C31H19Cl2NO3S. The van der Waals surface area contributed by atoms with E-state index in [0.29, 0.717) is 31.6 Å². The molecule has 3 atom stereocenters. The molecule has 3 aromatic carbocycles. The van der Waals surface area contributed by atoms with Crippen molar-refractivity contribution in [2.75, 3.05) is 4.90 Å². The molecule has 3 heterocycles. The summed E-state index contributed by atoms with van der Waals surface area (Å²) in [6.45, 7) is 0. The van der Waals surface area contributed by atoms with Gasteiger partial charge < -0.3 is 4.90 Å². The zero-order valence-electron chi connectivity index (χ0n) is 19.8. The van der Waals surface area contributed by atoms with Gasteiger partial charge in [0.1, 0.15) is 11.5 Å². The first kappa shape index (κ1) is 23.6. The number of hydrogen-bond acceptors (Lipinski definition) is 5. The first-order valence-corrected chi connectivity index (χ1v) is 13.8. The van der Waals surface area contributed by atoms with Gasteiger partial charge in [0.15, 0.2) is 17.3 Å². The van der Waals surface area contributed by atoms with E-state index in [1.807, 2.05) is 46.7 Å². The quantitative estimate of drug-likeness (QED) is 0.195. The number of rotatable bonds is 3. The van der Waals surface area contributed by atoms with E-state index in [0.717, 1.165) is 11.3 Å². The van der Waals surface area contributed by atoms with Crippen LogP contribution in [0.1, 0.15) is 47.4 Å². The van der Waals surface area contributed by atoms with Crippen molar-refractivity contribution in [2.24, 2.45) is 5.41 Å². The van der Waals surface area contributed by atoms with Gasteiger partial charge in [-0.2, -0.15) is 0 Å². The second-order valence-electron chi connectivity index (χ2n) is 9.81. The van der Waals surface area contributed by atoms with Crippen molar-refractivity contribution in [3.63, 3.8) is 0 Å². The number of carbonyl (C=O) groups is 3. The van der Waals surface area contributed by atoms with Crippen LogP contribution in [0.4, 0.5) is 5.69 Å². The van der Waals surface area contributed by atoms with E-state index in [-0.39, 0.29) is 17.3 Å². The van der Waals surface area contributed by atoms with Crippen LogP contribution in [0.5, 0.6) is 0 Å². The van der Waals surface area contributed by atoms with Gasteiger partial charge in [0.05, 0.1) is 10.9 Å². The summed E-state index contributed by atoms with van der Waals surface area (Å²) >= 11 is 14.1. The van der Waals surface area contributed by atoms with Crippen molar-refractivity contribution >= 4 is 63.7 Å². The number of fused-ring (bicyclic) bond motifs is 5. The third kappa shape index (κ3) is 3.07. The Morgan fingerprint density at radius 3 is 2.26 bits per heavy atom. The lowest BCUT2D eigenvalue weighted by molar-refractivity contribution is 0.0666. The first-order valence-electron chi connectivity index (χ1n) is 12.2. The summed E-state index contributed by atoms with van der Waals surface area (Å²) in [4.78, 5) is 46.0. The molecular weight excluding hydrogens is 537 g/mol. The van der Waals surface area contributed by atoms with Gasteiger partial charge >= 0.3 is 0 Å². The summed E-state index contributed by atoms with van der Waals surface area (Å²) in [6.07, 6.45) is 3.79. The van der Waals surface area contributed by atoms with Crippen molar-refractivity contribution in [1.29, 1.82) is 0 Å². The van der Waals surface area contributed by atoms with Crippen LogP contribution in [-0.4, -0.2) is 29.4 Å². The first-order chi connectivity index (χ1) is 18.4. The lowest BCUT2D eigenvalue weighted by atomic mass is 9.64. The molecule has 4 aromatic rings. The van der Waals surface area contributed by atoms with E-state index in [2.05, 4.69) is 0 Å². The zero-order valence-corrected chi connectivity index (χ0v) is 22.1. The van der Waals surface area contributed by atoms with Gasteiger partial charge in [-0.1, -0.05) is 77.8 Å². The summed E-state index contributed by atoms with van der Waals surface area (Å²) in [6, 6.07) is 21.7. The highest BCUT2D eigenvalue weighted by Gasteiger charge is 2.71. The fourth-order valence-corrected chi connectivity index (χ4v) is 7.66. The van der Waals surface area contributed by atoms with Crippen LogP contribution in [0.25, 0.3) is 6.08 Å². The Kier molecular flexibility index (Phi) is 5.28. The smallest absolute Gasteiger partial charge is 0.195 e. The van der Waals surface area contributed by atoms with Crippen LogP contribution in [0, 0.1) is 5.41 Å². The molecule has 0 unspecified atom stereocenters. The van der Waals surface area contributed by atoms with Gasteiger partial charge in [-0.15, -0.1) is 11.3 Å². The average molecular weight is 556 g/mol. The van der Waals surface area contributed by atoms with E-state index in [1.165, 1.54) is 11.3 Å². The summed E-state index contributed by atoms with van der Waals surface area (Å²) < 4.78 is 0. The van der Waals surface area contributed by atoms with Crippen LogP contribution >= 0.6 is 34.5 Å². The van der Waals surface area contributed by atoms with Crippen LogP contribution in [0.3, 0.4) is 0 Å². The molecule has 38 heavy (non-hydrogen) atoms. The highest BCUT2D eigenvalue weighted by Crippen LogP contribution is 2.61. The molecule has 4 nitrogen and oxygen atoms in total. The molecule has 2 aliphatic heterocycles. The maximum Gasteiger partial charge on any atom is 0.195 e. The number of halogens is 2. The molecule has 1 aliphatic carbocycles. The maximum atomic E-state index is 14.5. The van der Waals surface area contributed by atoms with Crippen LogP contribution in [-0.2, 0) is 0 Å². The molecule has 3 aliphatic rings. The zero-order chi connectivity index (χ0) is 26.2. The van der Waals surface area contributed by atoms with Crippen molar-refractivity contribution in [3.05, 3.63) is 127 Å². The van der Waals surface area contributed by atoms with Crippen molar-refractivity contribution in [1.82, 2.24) is 0 Å². The molecule has 0 N–H and O–H groups in total. The van der Waals surface area contributed by atoms with Crippen LogP contribution in [0.2, 0.25) is 10.0 Å². The van der Waals surface area contributed by atoms with Gasteiger partial charge in [-0.05, 0) is 52.9 Å². The normalized spacial score (nSPS) is 22.5. The Balaban J connectivity index is 1.57. The number of benzene rings is 3. The highest BCUT2D eigenvalue weighted by molar-refractivity contribution is 7.12. The Bertz CT molecular complexity index is 1660. The predicted molar refractivity (Wildman–Crippen MR) is 151 cm³/mol. The third-order valence-corrected chi connectivity index (χ3v) is 9.36. The Morgan fingerprint density at radius 1 is 0.842 bits per heavy atom. The molecule has 0 saturated carbocycles. The summed E-state index contributed by atoms with van der Waals surface area (Å²) in [7, 11) is 0. The molecule has 0 radical (unpaired) electrons. The minimum absolute atomic E-state index is 0.139. The number of thiophene rings is 1. The summed E-state index contributed by atoms with van der Waals surface area (Å²) in [5.41, 5.74) is 1.51. The maximum absolute atomic E-state index is 14.5. The SMILES string of the molecule is O=C(c1cccs1)[C@@H]1[C@H](c2cccc(Cl)c2)C2(C(=O)c3ccccc3C2=O)[C@@H]2C=Cc3cc(Cl)ccc3N12. The number of Topliss-reactive ketones (excluding diaryl/α,β-unsaturated/α-hetero) is 3. The third-order valence-electron chi connectivity index (χ3n) is 8.01. The molecule has 7 rings (SSSR count). The van der Waals surface area contributed by atoms with Crippen LogP contribution < -0.4 is 4.90 Å². The predicted octanol–water partition coefficient (Wildman–Crippen LogP) is 7.37. The number of carbonyl (C=O) groups excluding carboxylic acids is 3. The van der Waals surface area contributed by atoms with E-state index in [4.69, 9.17) is 23.2 Å². The topological polar surface area (TPSA) is 54.5 Å².